The zero-order chi connectivity index (χ0) is 21.6. The van der Waals surface area contributed by atoms with Crippen LogP contribution in [0.5, 0.6) is 0 Å². The highest BCUT2D eigenvalue weighted by molar-refractivity contribution is 6.42. The molecule has 0 heterocycles. The Hall–Kier alpha value is -2.11. The minimum atomic E-state index is -0.684. The number of carbonyl (C=O) groups is 2. The van der Waals surface area contributed by atoms with E-state index in [0.717, 1.165) is 5.56 Å². The molecule has 0 aliphatic carbocycles. The van der Waals surface area contributed by atoms with Crippen molar-refractivity contribution in [2.24, 2.45) is 5.92 Å². The van der Waals surface area contributed by atoms with Gasteiger partial charge in [-0.15, -0.1) is 0 Å². The SMILES string of the molecule is CC(C)CNC(=O)[C@@H](C)N(Cc1ccc(Cl)c(Cl)c1)C(=O)Cc1ccc(F)cc1. The van der Waals surface area contributed by atoms with Gasteiger partial charge in [0.1, 0.15) is 11.9 Å². The highest BCUT2D eigenvalue weighted by Crippen LogP contribution is 2.24. The second kappa shape index (κ2) is 10.6. The van der Waals surface area contributed by atoms with Gasteiger partial charge in [0, 0.05) is 13.1 Å². The molecule has 7 heteroatoms. The summed E-state index contributed by atoms with van der Waals surface area (Å²) in [7, 11) is 0. The number of amides is 2. The summed E-state index contributed by atoms with van der Waals surface area (Å²) in [5, 5.41) is 3.67. The Balaban J connectivity index is 2.22. The van der Waals surface area contributed by atoms with Gasteiger partial charge in [-0.1, -0.05) is 55.2 Å². The van der Waals surface area contributed by atoms with Gasteiger partial charge >= 0.3 is 0 Å². The van der Waals surface area contributed by atoms with Crippen LogP contribution >= 0.6 is 23.2 Å². The number of halogens is 3. The molecule has 0 bridgehead atoms. The smallest absolute Gasteiger partial charge is 0.242 e. The van der Waals surface area contributed by atoms with E-state index in [1.165, 1.54) is 17.0 Å². The first-order valence-electron chi connectivity index (χ1n) is 9.43. The lowest BCUT2D eigenvalue weighted by molar-refractivity contribution is -0.140. The van der Waals surface area contributed by atoms with Crippen LogP contribution in [-0.4, -0.2) is 29.3 Å². The second-order valence-corrected chi connectivity index (χ2v) is 8.20. The van der Waals surface area contributed by atoms with E-state index in [4.69, 9.17) is 23.2 Å². The topological polar surface area (TPSA) is 49.4 Å². The fraction of sp³-hybridized carbons (Fsp3) is 0.364. The molecule has 0 aromatic heterocycles. The molecule has 0 unspecified atom stereocenters. The monoisotopic (exact) mass is 438 g/mol. The van der Waals surface area contributed by atoms with Gasteiger partial charge in [-0.05, 0) is 48.2 Å². The van der Waals surface area contributed by atoms with Crippen LogP contribution in [0.15, 0.2) is 42.5 Å². The summed E-state index contributed by atoms with van der Waals surface area (Å²) in [5.74, 6) is -0.541. The molecule has 2 rings (SSSR count). The van der Waals surface area contributed by atoms with Gasteiger partial charge in [0.05, 0.1) is 16.5 Å². The third-order valence-electron chi connectivity index (χ3n) is 4.46. The van der Waals surface area contributed by atoms with Crippen LogP contribution in [0.2, 0.25) is 10.0 Å². The standard InChI is InChI=1S/C22H25Cl2FN2O2/c1-14(2)12-26-22(29)15(3)27(13-17-6-9-19(23)20(24)10-17)21(28)11-16-4-7-18(25)8-5-16/h4-10,14-15H,11-13H2,1-3H3,(H,26,29)/t15-/m1/s1. The van der Waals surface area contributed by atoms with Gasteiger partial charge in [0.15, 0.2) is 0 Å². The third kappa shape index (κ3) is 7.02. The number of benzene rings is 2. The number of nitrogens with zero attached hydrogens (tertiary/aromatic N) is 1. The second-order valence-electron chi connectivity index (χ2n) is 7.39. The molecule has 1 atom stereocenters. The van der Waals surface area contributed by atoms with Crippen molar-refractivity contribution in [1.82, 2.24) is 10.2 Å². The highest BCUT2D eigenvalue weighted by Gasteiger charge is 2.26. The highest BCUT2D eigenvalue weighted by atomic mass is 35.5. The van der Waals surface area contributed by atoms with Crippen LogP contribution in [0, 0.1) is 11.7 Å². The van der Waals surface area contributed by atoms with Crippen molar-refractivity contribution in [2.75, 3.05) is 6.54 Å². The molecule has 1 N–H and O–H groups in total. The lowest BCUT2D eigenvalue weighted by atomic mass is 10.1. The van der Waals surface area contributed by atoms with Crippen molar-refractivity contribution in [3.8, 4) is 0 Å². The quantitative estimate of drug-likeness (QED) is 0.639. The van der Waals surface area contributed by atoms with Gasteiger partial charge in [0.2, 0.25) is 11.8 Å². The number of hydrogen-bond donors (Lipinski definition) is 1. The Bertz CT molecular complexity index is 856. The van der Waals surface area contributed by atoms with Crippen molar-refractivity contribution in [1.29, 1.82) is 0 Å². The summed E-state index contributed by atoms with van der Waals surface area (Å²) >= 11 is 12.1. The molecule has 2 aromatic rings. The lowest BCUT2D eigenvalue weighted by Crippen LogP contribution is -2.48. The average molecular weight is 439 g/mol. The minimum absolute atomic E-state index is 0.0589. The van der Waals surface area contributed by atoms with E-state index in [9.17, 15) is 14.0 Å². The van der Waals surface area contributed by atoms with Gasteiger partial charge in [-0.3, -0.25) is 9.59 Å². The molecule has 0 saturated heterocycles. The first-order valence-corrected chi connectivity index (χ1v) is 10.2. The normalized spacial score (nSPS) is 12.0. The molecule has 0 fully saturated rings. The van der Waals surface area contributed by atoms with E-state index < -0.39 is 6.04 Å². The molecule has 0 aliphatic rings. The molecule has 0 saturated carbocycles. The maximum atomic E-state index is 13.2. The van der Waals surface area contributed by atoms with E-state index in [-0.39, 0.29) is 30.6 Å². The average Bonchev–Trinajstić information content (AvgIpc) is 2.68. The Labute approximate surface area is 181 Å². The number of rotatable bonds is 8. The Morgan fingerprint density at radius 3 is 2.21 bits per heavy atom. The largest absolute Gasteiger partial charge is 0.354 e. The van der Waals surface area contributed by atoms with Gasteiger partial charge in [0.25, 0.3) is 0 Å². The van der Waals surface area contributed by atoms with Crippen molar-refractivity contribution in [2.45, 2.75) is 39.8 Å². The summed E-state index contributed by atoms with van der Waals surface area (Å²) in [4.78, 5) is 27.1. The van der Waals surface area contributed by atoms with E-state index in [0.29, 0.717) is 28.1 Å². The van der Waals surface area contributed by atoms with Crippen molar-refractivity contribution >= 4 is 35.0 Å². The van der Waals surface area contributed by atoms with Crippen LogP contribution in [0.25, 0.3) is 0 Å². The van der Waals surface area contributed by atoms with Crippen LogP contribution in [0.1, 0.15) is 31.9 Å². The molecule has 0 radical (unpaired) electrons. The number of nitrogens with one attached hydrogen (secondary N) is 1. The van der Waals surface area contributed by atoms with Gasteiger partial charge in [-0.25, -0.2) is 4.39 Å². The summed E-state index contributed by atoms with van der Waals surface area (Å²) in [6.07, 6.45) is 0.0589. The van der Waals surface area contributed by atoms with Crippen LogP contribution in [-0.2, 0) is 22.6 Å². The molecule has 0 spiro atoms. The minimum Gasteiger partial charge on any atom is -0.354 e. The van der Waals surface area contributed by atoms with Crippen LogP contribution in [0.4, 0.5) is 4.39 Å². The van der Waals surface area contributed by atoms with Crippen molar-refractivity contribution < 1.29 is 14.0 Å². The predicted octanol–water partition coefficient (Wildman–Crippen LogP) is 4.86. The first kappa shape index (κ1) is 23.2. The summed E-state index contributed by atoms with van der Waals surface area (Å²) in [5.41, 5.74) is 1.43. The van der Waals surface area contributed by atoms with E-state index in [2.05, 4.69) is 5.32 Å². The molecule has 2 amide bonds. The van der Waals surface area contributed by atoms with Crippen LogP contribution in [0.3, 0.4) is 0 Å². The van der Waals surface area contributed by atoms with Crippen molar-refractivity contribution in [3.63, 3.8) is 0 Å². The van der Waals surface area contributed by atoms with Crippen LogP contribution < -0.4 is 5.32 Å². The zero-order valence-corrected chi connectivity index (χ0v) is 18.2. The van der Waals surface area contributed by atoms with E-state index in [1.54, 1.807) is 37.3 Å². The fourth-order valence-corrected chi connectivity index (χ4v) is 3.07. The number of hydrogen-bond acceptors (Lipinski definition) is 2. The Morgan fingerprint density at radius 2 is 1.62 bits per heavy atom. The van der Waals surface area contributed by atoms with E-state index >= 15 is 0 Å². The molecule has 2 aromatic carbocycles. The molecule has 4 nitrogen and oxygen atoms in total. The fourth-order valence-electron chi connectivity index (χ4n) is 2.75. The number of carbonyl (C=O) groups excluding carboxylic acids is 2. The Kier molecular flexibility index (Phi) is 8.47. The third-order valence-corrected chi connectivity index (χ3v) is 5.20. The van der Waals surface area contributed by atoms with Crippen molar-refractivity contribution in [3.05, 3.63) is 69.5 Å². The maximum Gasteiger partial charge on any atom is 0.242 e. The predicted molar refractivity (Wildman–Crippen MR) is 114 cm³/mol. The molecular weight excluding hydrogens is 414 g/mol. The van der Waals surface area contributed by atoms with Gasteiger partial charge in [-0.2, -0.15) is 0 Å². The van der Waals surface area contributed by atoms with E-state index in [1.807, 2.05) is 13.8 Å². The summed E-state index contributed by atoms with van der Waals surface area (Å²) in [6.45, 7) is 6.41. The molecular formula is C22H25Cl2FN2O2. The van der Waals surface area contributed by atoms with Gasteiger partial charge < -0.3 is 10.2 Å². The Morgan fingerprint density at radius 1 is 1.00 bits per heavy atom. The zero-order valence-electron chi connectivity index (χ0n) is 16.7. The maximum absolute atomic E-state index is 13.2. The lowest BCUT2D eigenvalue weighted by Gasteiger charge is -2.29. The molecule has 29 heavy (non-hydrogen) atoms. The summed E-state index contributed by atoms with van der Waals surface area (Å²) < 4.78 is 13.2. The molecule has 156 valence electrons. The summed E-state index contributed by atoms with van der Waals surface area (Å²) in [6, 6.07) is 10.2. The molecule has 0 aliphatic heterocycles. The first-order chi connectivity index (χ1) is 13.7.